The molecule has 0 aliphatic heterocycles. The predicted molar refractivity (Wildman–Crippen MR) is 89.3 cm³/mol. The highest BCUT2D eigenvalue weighted by Crippen LogP contribution is 2.34. The van der Waals surface area contributed by atoms with Gasteiger partial charge in [0.05, 0.1) is 10.6 Å². The lowest BCUT2D eigenvalue weighted by Gasteiger charge is -2.36. The zero-order valence-electron chi connectivity index (χ0n) is 12.4. The van der Waals surface area contributed by atoms with Gasteiger partial charge in [0.15, 0.2) is 0 Å². The molecule has 0 bridgehead atoms. The third kappa shape index (κ3) is 3.05. The van der Waals surface area contributed by atoms with Crippen LogP contribution < -0.4 is 10.6 Å². The lowest BCUT2D eigenvalue weighted by molar-refractivity contribution is 0.100. The molecule has 0 aliphatic carbocycles. The molecule has 4 nitrogen and oxygen atoms in total. The van der Waals surface area contributed by atoms with Crippen LogP contribution in [0.3, 0.4) is 0 Å². The second kappa shape index (κ2) is 6.08. The van der Waals surface area contributed by atoms with Gasteiger partial charge in [-0.1, -0.05) is 35.7 Å². The van der Waals surface area contributed by atoms with Crippen molar-refractivity contribution in [2.75, 3.05) is 4.90 Å². The number of hydrogen-bond donors (Lipinski definition) is 1. The van der Waals surface area contributed by atoms with E-state index in [0.717, 1.165) is 5.69 Å². The van der Waals surface area contributed by atoms with Crippen molar-refractivity contribution in [1.82, 2.24) is 4.98 Å². The number of pyridine rings is 1. The molecule has 0 spiro atoms. The van der Waals surface area contributed by atoms with Crippen LogP contribution in [0, 0.1) is 12.3 Å². The molecular weight excluding hydrogens is 298 g/mol. The quantitative estimate of drug-likeness (QED) is 0.880. The number of carbonyl (C=O) groups is 1. The van der Waals surface area contributed by atoms with E-state index in [1.54, 1.807) is 4.90 Å². The average molecular weight is 314 g/mol. The maximum absolute atomic E-state index is 11.8. The number of carbonyl (C=O) groups excluding carboxylic acids is 1. The molecule has 2 rings (SSSR count). The fourth-order valence-electron chi connectivity index (χ4n) is 2.14. The highest BCUT2D eigenvalue weighted by Gasteiger charge is 2.30. The zero-order valence-corrected chi connectivity index (χ0v) is 13.1. The Morgan fingerprint density at radius 3 is 2.55 bits per heavy atom. The number of amides is 1. The van der Waals surface area contributed by atoms with Gasteiger partial charge in [0, 0.05) is 11.9 Å². The van der Waals surface area contributed by atoms with Crippen LogP contribution in [0.5, 0.6) is 0 Å². The molecule has 112 valence electrons. The molecule has 0 atom stereocenters. The van der Waals surface area contributed by atoms with E-state index in [4.69, 9.17) is 23.8 Å². The largest absolute Gasteiger partial charge is 0.365 e. The van der Waals surface area contributed by atoms with E-state index in [9.17, 15) is 4.79 Å². The summed E-state index contributed by atoms with van der Waals surface area (Å²) in [5, 5.41) is 0.337. The van der Waals surface area contributed by atoms with Gasteiger partial charge in [-0.15, -0.1) is 6.42 Å². The van der Waals surface area contributed by atoms with Crippen molar-refractivity contribution >= 4 is 29.0 Å². The standard InChI is InChI=1S/C17H16ClN3O/c1-4-17(2,3)21(13-8-6-5-7-9-13)16-14(15(19)22)10-12(18)11-20-16/h1,5-11H,2-3H3,(H2,19,22). The molecule has 1 aromatic carbocycles. The molecular formula is C17H16ClN3O. The maximum atomic E-state index is 11.8. The molecule has 22 heavy (non-hydrogen) atoms. The van der Waals surface area contributed by atoms with Crippen molar-refractivity contribution in [3.8, 4) is 12.3 Å². The topological polar surface area (TPSA) is 59.2 Å². The number of benzene rings is 1. The Bertz CT molecular complexity index is 735. The van der Waals surface area contributed by atoms with Gasteiger partial charge in [-0.05, 0) is 32.0 Å². The molecule has 2 aromatic rings. The minimum atomic E-state index is -0.716. The van der Waals surface area contributed by atoms with Crippen LogP contribution in [0.4, 0.5) is 11.5 Å². The number of terminal acetylenes is 1. The Hall–Kier alpha value is -2.51. The van der Waals surface area contributed by atoms with Crippen LogP contribution in [0.1, 0.15) is 24.2 Å². The van der Waals surface area contributed by atoms with Crippen molar-refractivity contribution in [2.45, 2.75) is 19.4 Å². The maximum Gasteiger partial charge on any atom is 0.252 e. The second-order valence-electron chi connectivity index (χ2n) is 5.26. The summed E-state index contributed by atoms with van der Waals surface area (Å²) >= 11 is 5.93. The molecule has 0 saturated carbocycles. The molecule has 0 unspecified atom stereocenters. The van der Waals surface area contributed by atoms with E-state index in [0.29, 0.717) is 10.8 Å². The van der Waals surface area contributed by atoms with Crippen LogP contribution >= 0.6 is 11.6 Å². The second-order valence-corrected chi connectivity index (χ2v) is 5.70. The fourth-order valence-corrected chi connectivity index (χ4v) is 2.30. The van der Waals surface area contributed by atoms with Crippen LogP contribution in [-0.2, 0) is 0 Å². The third-order valence-corrected chi connectivity index (χ3v) is 3.44. The highest BCUT2D eigenvalue weighted by atomic mass is 35.5. The van der Waals surface area contributed by atoms with Crippen molar-refractivity contribution in [3.05, 3.63) is 53.2 Å². The summed E-state index contributed by atoms with van der Waals surface area (Å²) in [6, 6.07) is 10.9. The summed E-state index contributed by atoms with van der Waals surface area (Å²) in [4.78, 5) is 17.9. The number of nitrogens with zero attached hydrogens (tertiary/aromatic N) is 2. The SMILES string of the molecule is C#CC(C)(C)N(c1ccccc1)c1ncc(Cl)cc1C(N)=O. The monoisotopic (exact) mass is 313 g/mol. The first-order valence-corrected chi connectivity index (χ1v) is 7.03. The molecule has 1 heterocycles. The van der Waals surface area contributed by atoms with Crippen LogP contribution in [0.15, 0.2) is 42.6 Å². The van der Waals surface area contributed by atoms with E-state index in [-0.39, 0.29) is 5.56 Å². The first-order valence-electron chi connectivity index (χ1n) is 6.65. The molecule has 2 N–H and O–H groups in total. The number of anilines is 2. The number of rotatable bonds is 4. The third-order valence-electron chi connectivity index (χ3n) is 3.24. The van der Waals surface area contributed by atoms with E-state index in [1.807, 2.05) is 44.2 Å². The minimum Gasteiger partial charge on any atom is -0.365 e. The molecule has 0 aliphatic rings. The Morgan fingerprint density at radius 2 is 2.00 bits per heavy atom. The minimum absolute atomic E-state index is 0.222. The Kier molecular flexibility index (Phi) is 4.39. The summed E-state index contributed by atoms with van der Waals surface area (Å²) in [5.41, 5.74) is 5.78. The van der Waals surface area contributed by atoms with Crippen LogP contribution in [0.25, 0.3) is 0 Å². The smallest absolute Gasteiger partial charge is 0.252 e. The van der Waals surface area contributed by atoms with Crippen molar-refractivity contribution < 1.29 is 4.79 Å². The van der Waals surface area contributed by atoms with Gasteiger partial charge in [-0.25, -0.2) is 4.98 Å². The van der Waals surface area contributed by atoms with Gasteiger partial charge in [0.2, 0.25) is 0 Å². The Labute approximate surface area is 134 Å². The summed E-state index contributed by atoms with van der Waals surface area (Å²) in [7, 11) is 0. The predicted octanol–water partition coefficient (Wildman–Crippen LogP) is 3.38. The van der Waals surface area contributed by atoms with Gasteiger partial charge >= 0.3 is 0 Å². The lowest BCUT2D eigenvalue weighted by atomic mass is 10.0. The fraction of sp³-hybridized carbons (Fsp3) is 0.176. The van der Waals surface area contributed by atoms with Crippen molar-refractivity contribution in [3.63, 3.8) is 0 Å². The molecule has 1 aromatic heterocycles. The molecule has 0 radical (unpaired) electrons. The lowest BCUT2D eigenvalue weighted by Crippen LogP contribution is -2.41. The summed E-state index contributed by atoms with van der Waals surface area (Å²) in [6.07, 6.45) is 7.14. The molecule has 0 fully saturated rings. The van der Waals surface area contributed by atoms with Gasteiger partial charge in [-0.3, -0.25) is 4.79 Å². The molecule has 1 amide bonds. The zero-order chi connectivity index (χ0) is 16.3. The van der Waals surface area contributed by atoms with Gasteiger partial charge in [0.25, 0.3) is 5.91 Å². The number of aromatic nitrogens is 1. The first-order chi connectivity index (χ1) is 10.4. The van der Waals surface area contributed by atoms with E-state index >= 15 is 0 Å². The highest BCUT2D eigenvalue weighted by molar-refractivity contribution is 6.31. The summed E-state index contributed by atoms with van der Waals surface area (Å²) < 4.78 is 0. The molecule has 5 heteroatoms. The average Bonchev–Trinajstić information content (AvgIpc) is 2.49. The van der Waals surface area contributed by atoms with Crippen LogP contribution in [-0.4, -0.2) is 16.4 Å². The first kappa shape index (κ1) is 15.9. The van der Waals surface area contributed by atoms with Crippen molar-refractivity contribution in [2.24, 2.45) is 5.73 Å². The number of nitrogens with two attached hydrogens (primary N) is 1. The van der Waals surface area contributed by atoms with E-state index in [2.05, 4.69) is 10.9 Å². The van der Waals surface area contributed by atoms with Crippen molar-refractivity contribution in [1.29, 1.82) is 0 Å². The summed E-state index contributed by atoms with van der Waals surface area (Å²) in [6.45, 7) is 3.72. The Morgan fingerprint density at radius 1 is 1.36 bits per heavy atom. The number of primary amides is 1. The van der Waals surface area contributed by atoms with Crippen LogP contribution in [0.2, 0.25) is 5.02 Å². The normalized spacial score (nSPS) is 10.8. The van der Waals surface area contributed by atoms with E-state index in [1.165, 1.54) is 12.3 Å². The Balaban J connectivity index is 2.72. The number of hydrogen-bond acceptors (Lipinski definition) is 3. The van der Waals surface area contributed by atoms with Gasteiger partial charge < -0.3 is 10.6 Å². The summed E-state index contributed by atoms with van der Waals surface area (Å²) in [5.74, 6) is 2.49. The number of halogens is 1. The van der Waals surface area contributed by atoms with Gasteiger partial charge in [-0.2, -0.15) is 0 Å². The van der Waals surface area contributed by atoms with Gasteiger partial charge in [0.1, 0.15) is 11.4 Å². The number of para-hydroxylation sites is 1. The van der Waals surface area contributed by atoms with E-state index < -0.39 is 11.4 Å². The molecule has 0 saturated heterocycles.